The number of aryl methyl sites for hydroxylation is 2. The minimum Gasteiger partial charge on any atom is -0.497 e. The minimum atomic E-state index is 0.402. The van der Waals surface area contributed by atoms with Crippen LogP contribution in [0, 0.1) is 13.8 Å². The van der Waals surface area contributed by atoms with E-state index in [9.17, 15) is 0 Å². The van der Waals surface area contributed by atoms with E-state index < -0.39 is 0 Å². The van der Waals surface area contributed by atoms with Gasteiger partial charge in [0, 0.05) is 5.56 Å². The topological polar surface area (TPSA) is 18.5 Å². The first kappa shape index (κ1) is 14.7. The Bertz CT molecular complexity index is 573. The maximum Gasteiger partial charge on any atom is 0.124 e. The van der Waals surface area contributed by atoms with Gasteiger partial charge in [-0.25, -0.2) is 0 Å². The van der Waals surface area contributed by atoms with E-state index in [4.69, 9.17) is 21.1 Å². The quantitative estimate of drug-likeness (QED) is 0.748. The summed E-state index contributed by atoms with van der Waals surface area (Å²) in [4.78, 5) is 0. The highest BCUT2D eigenvalue weighted by Crippen LogP contribution is 2.26. The first-order valence-corrected chi connectivity index (χ1v) is 7.08. The summed E-state index contributed by atoms with van der Waals surface area (Å²) in [6.07, 6.45) is 0. The zero-order chi connectivity index (χ0) is 14.5. The first-order valence-electron chi connectivity index (χ1n) is 6.55. The molecule has 0 unspecified atom stereocenters. The molecule has 3 heteroatoms. The van der Waals surface area contributed by atoms with Gasteiger partial charge in [0.25, 0.3) is 0 Å². The van der Waals surface area contributed by atoms with Crippen LogP contribution >= 0.6 is 11.6 Å². The molecule has 0 heterocycles. The zero-order valence-electron chi connectivity index (χ0n) is 12.1. The molecule has 2 rings (SSSR count). The molecule has 0 saturated heterocycles. The predicted octanol–water partition coefficient (Wildman–Crippen LogP) is 4.63. The highest BCUT2D eigenvalue weighted by molar-refractivity contribution is 6.17. The van der Waals surface area contributed by atoms with Gasteiger partial charge in [0.2, 0.25) is 0 Å². The second kappa shape index (κ2) is 6.67. The largest absolute Gasteiger partial charge is 0.497 e. The number of hydrogen-bond acceptors (Lipinski definition) is 2. The maximum atomic E-state index is 5.96. The second-order valence-electron chi connectivity index (χ2n) is 4.89. The van der Waals surface area contributed by atoms with Gasteiger partial charge in [-0.1, -0.05) is 29.3 Å². The van der Waals surface area contributed by atoms with Crippen molar-refractivity contribution in [3.8, 4) is 11.5 Å². The summed E-state index contributed by atoms with van der Waals surface area (Å²) in [6.45, 7) is 4.72. The van der Waals surface area contributed by atoms with Crippen LogP contribution in [0.4, 0.5) is 0 Å². The molecule has 0 amide bonds. The summed E-state index contributed by atoms with van der Waals surface area (Å²) in [5.41, 5.74) is 4.60. The van der Waals surface area contributed by atoms with Crippen LogP contribution in [-0.2, 0) is 12.5 Å². The first-order chi connectivity index (χ1) is 9.62. The van der Waals surface area contributed by atoms with Crippen molar-refractivity contribution in [2.45, 2.75) is 26.3 Å². The van der Waals surface area contributed by atoms with Crippen molar-refractivity contribution in [1.29, 1.82) is 0 Å². The number of methoxy groups -OCH3 is 1. The van der Waals surface area contributed by atoms with Gasteiger partial charge in [-0.05, 0) is 37.6 Å². The molecule has 0 aliphatic heterocycles. The Morgan fingerprint density at radius 2 is 1.70 bits per heavy atom. The summed E-state index contributed by atoms with van der Waals surface area (Å²) in [6, 6.07) is 12.1. The van der Waals surface area contributed by atoms with Gasteiger partial charge in [0.1, 0.15) is 18.1 Å². The Labute approximate surface area is 125 Å². The van der Waals surface area contributed by atoms with Crippen LogP contribution in [0.15, 0.2) is 36.4 Å². The molecule has 2 aromatic carbocycles. The third kappa shape index (κ3) is 3.67. The average molecular weight is 291 g/mol. The van der Waals surface area contributed by atoms with E-state index in [0.717, 1.165) is 17.1 Å². The van der Waals surface area contributed by atoms with E-state index >= 15 is 0 Å². The molecular formula is C17H19ClO2. The fraction of sp³-hybridized carbons (Fsp3) is 0.294. The monoisotopic (exact) mass is 290 g/mol. The number of ether oxygens (including phenoxy) is 2. The van der Waals surface area contributed by atoms with Crippen LogP contribution in [0.1, 0.15) is 22.3 Å². The third-order valence-electron chi connectivity index (χ3n) is 3.09. The molecule has 0 spiro atoms. The molecule has 2 nitrogen and oxygen atoms in total. The van der Waals surface area contributed by atoms with Crippen LogP contribution in [0.25, 0.3) is 0 Å². The summed E-state index contributed by atoms with van der Waals surface area (Å²) >= 11 is 5.96. The molecule has 2 aromatic rings. The zero-order valence-corrected chi connectivity index (χ0v) is 12.8. The summed E-state index contributed by atoms with van der Waals surface area (Å²) in [7, 11) is 1.64. The van der Waals surface area contributed by atoms with Gasteiger partial charge in [0.05, 0.1) is 13.0 Å². The van der Waals surface area contributed by atoms with E-state index in [0.29, 0.717) is 12.5 Å². The standard InChI is InChI=1S/C17H19ClO2/c1-12-6-13(2)8-14(7-12)11-20-17-5-4-16(19-3)9-15(17)10-18/h4-9H,10-11H2,1-3H3. The molecule has 106 valence electrons. The van der Waals surface area contributed by atoms with Gasteiger partial charge in [0.15, 0.2) is 0 Å². The van der Waals surface area contributed by atoms with Crippen LogP contribution < -0.4 is 9.47 Å². The molecule has 0 N–H and O–H groups in total. The maximum absolute atomic E-state index is 5.96. The highest BCUT2D eigenvalue weighted by atomic mass is 35.5. The lowest BCUT2D eigenvalue weighted by Gasteiger charge is -2.12. The Balaban J connectivity index is 2.14. The van der Waals surface area contributed by atoms with Crippen LogP contribution in [0.3, 0.4) is 0 Å². The summed E-state index contributed by atoms with van der Waals surface area (Å²) in [5.74, 6) is 2.00. The molecule has 20 heavy (non-hydrogen) atoms. The highest BCUT2D eigenvalue weighted by Gasteiger charge is 2.06. The fourth-order valence-corrected chi connectivity index (χ4v) is 2.45. The molecule has 0 aliphatic carbocycles. The Morgan fingerprint density at radius 1 is 1.00 bits per heavy atom. The van der Waals surface area contributed by atoms with E-state index in [1.165, 1.54) is 16.7 Å². The van der Waals surface area contributed by atoms with Crippen molar-refractivity contribution < 1.29 is 9.47 Å². The van der Waals surface area contributed by atoms with Gasteiger partial charge in [-0.3, -0.25) is 0 Å². The lowest BCUT2D eigenvalue weighted by Crippen LogP contribution is -1.99. The number of hydrogen-bond donors (Lipinski definition) is 0. The van der Waals surface area contributed by atoms with Crippen molar-refractivity contribution in [2.24, 2.45) is 0 Å². The minimum absolute atomic E-state index is 0.402. The van der Waals surface area contributed by atoms with Crippen molar-refractivity contribution in [3.63, 3.8) is 0 Å². The third-order valence-corrected chi connectivity index (χ3v) is 3.38. The van der Waals surface area contributed by atoms with Crippen molar-refractivity contribution in [2.75, 3.05) is 7.11 Å². The molecule has 0 bridgehead atoms. The van der Waals surface area contributed by atoms with Crippen LogP contribution in [0.5, 0.6) is 11.5 Å². The van der Waals surface area contributed by atoms with E-state index in [-0.39, 0.29) is 0 Å². The lowest BCUT2D eigenvalue weighted by molar-refractivity contribution is 0.303. The Kier molecular flexibility index (Phi) is 4.91. The smallest absolute Gasteiger partial charge is 0.124 e. The van der Waals surface area contributed by atoms with Crippen molar-refractivity contribution in [1.82, 2.24) is 0 Å². The summed E-state index contributed by atoms with van der Waals surface area (Å²) < 4.78 is 11.1. The molecule has 0 saturated carbocycles. The molecule has 0 atom stereocenters. The Hall–Kier alpha value is -1.67. The summed E-state index contributed by atoms with van der Waals surface area (Å²) in [5, 5.41) is 0. The number of halogens is 1. The second-order valence-corrected chi connectivity index (χ2v) is 5.16. The van der Waals surface area contributed by atoms with E-state index in [2.05, 4.69) is 32.0 Å². The van der Waals surface area contributed by atoms with Crippen molar-refractivity contribution in [3.05, 3.63) is 58.7 Å². The fourth-order valence-electron chi connectivity index (χ4n) is 2.24. The molecule has 0 radical (unpaired) electrons. The number of rotatable bonds is 5. The van der Waals surface area contributed by atoms with Gasteiger partial charge in [-0.2, -0.15) is 0 Å². The van der Waals surface area contributed by atoms with E-state index in [1.54, 1.807) is 7.11 Å². The number of benzene rings is 2. The van der Waals surface area contributed by atoms with Gasteiger partial charge in [-0.15, -0.1) is 11.6 Å². The molecule has 0 aromatic heterocycles. The van der Waals surface area contributed by atoms with Crippen LogP contribution in [0.2, 0.25) is 0 Å². The average Bonchev–Trinajstić information content (AvgIpc) is 2.44. The molecule has 0 aliphatic rings. The predicted molar refractivity (Wildman–Crippen MR) is 82.8 cm³/mol. The Morgan fingerprint density at radius 3 is 2.30 bits per heavy atom. The lowest BCUT2D eigenvalue weighted by atomic mass is 10.1. The van der Waals surface area contributed by atoms with Crippen molar-refractivity contribution >= 4 is 11.6 Å². The van der Waals surface area contributed by atoms with Crippen LogP contribution in [-0.4, -0.2) is 7.11 Å². The molecular weight excluding hydrogens is 272 g/mol. The number of alkyl halides is 1. The molecule has 0 fully saturated rings. The van der Waals surface area contributed by atoms with E-state index in [1.807, 2.05) is 18.2 Å². The van der Waals surface area contributed by atoms with Gasteiger partial charge >= 0.3 is 0 Å². The SMILES string of the molecule is COc1ccc(OCc2cc(C)cc(C)c2)c(CCl)c1. The normalized spacial score (nSPS) is 10.4. The van der Waals surface area contributed by atoms with Gasteiger partial charge < -0.3 is 9.47 Å².